The molecule has 5 nitrogen and oxygen atoms in total. The van der Waals surface area contributed by atoms with Gasteiger partial charge in [0.1, 0.15) is 0 Å². The summed E-state index contributed by atoms with van der Waals surface area (Å²) in [4.78, 5) is 29.5. The van der Waals surface area contributed by atoms with Gasteiger partial charge in [-0.2, -0.15) is 0 Å². The van der Waals surface area contributed by atoms with Crippen LogP contribution in [0.15, 0.2) is 30.3 Å². The van der Waals surface area contributed by atoms with Gasteiger partial charge in [0.05, 0.1) is 12.0 Å². The number of benzene rings is 1. The maximum atomic E-state index is 13.4. The first-order valence-corrected chi connectivity index (χ1v) is 9.90. The second-order valence-corrected chi connectivity index (χ2v) is 8.26. The van der Waals surface area contributed by atoms with Gasteiger partial charge in [0.25, 0.3) is 0 Å². The first-order chi connectivity index (χ1) is 12.6. The van der Waals surface area contributed by atoms with Crippen LogP contribution in [0.25, 0.3) is 0 Å². The highest BCUT2D eigenvalue weighted by Gasteiger charge is 2.43. The van der Waals surface area contributed by atoms with Crippen molar-refractivity contribution in [2.45, 2.75) is 38.1 Å². The van der Waals surface area contributed by atoms with Crippen molar-refractivity contribution in [1.82, 2.24) is 15.1 Å². The zero-order chi connectivity index (χ0) is 18.1. The van der Waals surface area contributed by atoms with Crippen LogP contribution in [-0.2, 0) is 9.59 Å². The third kappa shape index (κ3) is 3.85. The van der Waals surface area contributed by atoms with E-state index in [4.69, 9.17) is 0 Å². The van der Waals surface area contributed by atoms with Gasteiger partial charge in [0, 0.05) is 33.1 Å². The minimum Gasteiger partial charge on any atom is -0.342 e. The number of rotatable bonds is 2. The molecule has 0 saturated carbocycles. The molecule has 0 bridgehead atoms. The van der Waals surface area contributed by atoms with E-state index in [1.165, 1.54) is 6.42 Å². The van der Waals surface area contributed by atoms with Crippen LogP contribution in [0.2, 0.25) is 0 Å². The number of nitrogens with zero attached hydrogens (tertiary/aromatic N) is 2. The second-order valence-electron chi connectivity index (χ2n) is 8.26. The maximum Gasteiger partial charge on any atom is 0.228 e. The fourth-order valence-electron chi connectivity index (χ4n) is 5.06. The normalized spacial score (nSPS) is 27.5. The number of halogens is 1. The minimum atomic E-state index is -0.144. The van der Waals surface area contributed by atoms with E-state index in [1.807, 2.05) is 37.4 Å². The van der Waals surface area contributed by atoms with Crippen molar-refractivity contribution in [3.8, 4) is 0 Å². The zero-order valence-corrected chi connectivity index (χ0v) is 16.8. The molecule has 0 aliphatic carbocycles. The van der Waals surface area contributed by atoms with E-state index in [2.05, 4.69) is 10.2 Å². The summed E-state index contributed by atoms with van der Waals surface area (Å²) >= 11 is 0. The second kappa shape index (κ2) is 8.19. The molecule has 3 aliphatic rings. The molecule has 3 aliphatic heterocycles. The summed E-state index contributed by atoms with van der Waals surface area (Å²) in [6.07, 6.45) is 4.57. The molecule has 3 heterocycles. The van der Waals surface area contributed by atoms with Crippen LogP contribution in [0.5, 0.6) is 0 Å². The highest BCUT2D eigenvalue weighted by Crippen LogP contribution is 2.40. The van der Waals surface area contributed by atoms with Crippen LogP contribution in [-0.4, -0.2) is 54.8 Å². The summed E-state index contributed by atoms with van der Waals surface area (Å²) in [5.41, 5.74) is 1.48. The van der Waals surface area contributed by atoms with E-state index >= 15 is 0 Å². The Kier molecular flexibility index (Phi) is 6.11. The Morgan fingerprint density at radius 2 is 1.85 bits per heavy atom. The van der Waals surface area contributed by atoms with E-state index < -0.39 is 0 Å². The van der Waals surface area contributed by atoms with Gasteiger partial charge in [-0.15, -0.1) is 12.4 Å². The van der Waals surface area contributed by atoms with Gasteiger partial charge in [0.2, 0.25) is 11.8 Å². The lowest BCUT2D eigenvalue weighted by atomic mass is 9.77. The summed E-state index contributed by atoms with van der Waals surface area (Å²) in [6, 6.07) is 9.88. The Labute approximate surface area is 167 Å². The number of piperidine rings is 2. The van der Waals surface area contributed by atoms with E-state index in [0.717, 1.165) is 44.6 Å². The molecule has 0 radical (unpaired) electrons. The molecule has 1 spiro atoms. The Bertz CT molecular complexity index is 665. The van der Waals surface area contributed by atoms with Gasteiger partial charge < -0.3 is 15.1 Å². The Morgan fingerprint density at radius 3 is 2.48 bits per heavy atom. The lowest BCUT2D eigenvalue weighted by Gasteiger charge is -2.44. The number of carbonyl (C=O) groups excluding carboxylic acids is 2. The first kappa shape index (κ1) is 20.2. The molecule has 2 unspecified atom stereocenters. The SMILES string of the molecule is CN1C(=O)CCC(C(=O)N2CCC3(CCNC3)CC2)C1c1ccccc1.Cl. The van der Waals surface area contributed by atoms with Crippen molar-refractivity contribution >= 4 is 24.2 Å². The average molecular weight is 392 g/mol. The molecule has 3 saturated heterocycles. The zero-order valence-electron chi connectivity index (χ0n) is 16.0. The largest absolute Gasteiger partial charge is 0.342 e. The summed E-state index contributed by atoms with van der Waals surface area (Å²) in [5, 5.41) is 3.48. The molecular weight excluding hydrogens is 362 g/mol. The fourth-order valence-corrected chi connectivity index (χ4v) is 5.06. The van der Waals surface area contributed by atoms with Crippen molar-refractivity contribution in [3.05, 3.63) is 35.9 Å². The van der Waals surface area contributed by atoms with Gasteiger partial charge in [-0.05, 0) is 43.2 Å². The van der Waals surface area contributed by atoms with Crippen LogP contribution in [0, 0.1) is 11.3 Å². The van der Waals surface area contributed by atoms with Crippen molar-refractivity contribution in [2.75, 3.05) is 33.2 Å². The standard InChI is InChI=1S/C21H29N3O2.ClH/c1-23-18(25)8-7-17(19(23)16-5-3-2-4-6-16)20(26)24-13-10-21(11-14-24)9-12-22-15-21;/h2-6,17,19,22H,7-15H2,1H3;1H. The van der Waals surface area contributed by atoms with Crippen LogP contribution in [0.3, 0.4) is 0 Å². The number of amides is 2. The summed E-state index contributed by atoms with van der Waals surface area (Å²) in [5.74, 6) is 0.243. The number of likely N-dealkylation sites (tertiary alicyclic amines) is 2. The maximum absolute atomic E-state index is 13.4. The Hall–Kier alpha value is -1.59. The molecule has 1 aromatic rings. The molecule has 6 heteroatoms. The first-order valence-electron chi connectivity index (χ1n) is 9.90. The molecule has 1 N–H and O–H groups in total. The molecular formula is C21H30ClN3O2. The monoisotopic (exact) mass is 391 g/mol. The molecule has 4 rings (SSSR count). The van der Waals surface area contributed by atoms with Crippen molar-refractivity contribution in [3.63, 3.8) is 0 Å². The molecule has 2 atom stereocenters. The number of carbonyl (C=O) groups is 2. The van der Waals surface area contributed by atoms with Crippen LogP contribution in [0.1, 0.15) is 43.7 Å². The number of hydrogen-bond acceptors (Lipinski definition) is 3. The van der Waals surface area contributed by atoms with Gasteiger partial charge in [-0.25, -0.2) is 0 Å². The Morgan fingerprint density at radius 1 is 1.15 bits per heavy atom. The van der Waals surface area contributed by atoms with Crippen molar-refractivity contribution in [1.29, 1.82) is 0 Å². The molecule has 0 aromatic heterocycles. The minimum absolute atomic E-state index is 0. The topological polar surface area (TPSA) is 52.7 Å². The lowest BCUT2D eigenvalue weighted by Crippen LogP contribution is -2.51. The van der Waals surface area contributed by atoms with Gasteiger partial charge >= 0.3 is 0 Å². The van der Waals surface area contributed by atoms with Crippen molar-refractivity contribution < 1.29 is 9.59 Å². The molecule has 3 fully saturated rings. The average Bonchev–Trinajstić information content (AvgIpc) is 3.12. The van der Waals surface area contributed by atoms with E-state index in [9.17, 15) is 9.59 Å². The quantitative estimate of drug-likeness (QED) is 0.843. The summed E-state index contributed by atoms with van der Waals surface area (Å²) in [7, 11) is 1.84. The van der Waals surface area contributed by atoms with Gasteiger partial charge in [0.15, 0.2) is 0 Å². The van der Waals surface area contributed by atoms with Gasteiger partial charge in [-0.3, -0.25) is 9.59 Å². The van der Waals surface area contributed by atoms with Crippen LogP contribution < -0.4 is 5.32 Å². The third-order valence-electron chi connectivity index (χ3n) is 6.79. The highest BCUT2D eigenvalue weighted by atomic mass is 35.5. The lowest BCUT2D eigenvalue weighted by molar-refractivity contribution is -0.148. The third-order valence-corrected chi connectivity index (χ3v) is 6.79. The molecule has 27 heavy (non-hydrogen) atoms. The smallest absolute Gasteiger partial charge is 0.228 e. The molecule has 1 aromatic carbocycles. The molecule has 2 amide bonds. The van der Waals surface area contributed by atoms with Crippen LogP contribution in [0.4, 0.5) is 0 Å². The predicted molar refractivity (Wildman–Crippen MR) is 108 cm³/mol. The van der Waals surface area contributed by atoms with E-state index in [1.54, 1.807) is 4.90 Å². The van der Waals surface area contributed by atoms with E-state index in [-0.39, 0.29) is 36.2 Å². The van der Waals surface area contributed by atoms with E-state index in [0.29, 0.717) is 18.3 Å². The van der Waals surface area contributed by atoms with Crippen LogP contribution >= 0.6 is 12.4 Å². The predicted octanol–water partition coefficient (Wildman–Crippen LogP) is 2.62. The number of nitrogens with one attached hydrogen (secondary N) is 1. The molecule has 148 valence electrons. The Balaban J connectivity index is 0.00000210. The fraction of sp³-hybridized carbons (Fsp3) is 0.619. The summed E-state index contributed by atoms with van der Waals surface area (Å²) < 4.78 is 0. The number of hydrogen-bond donors (Lipinski definition) is 1. The highest BCUT2D eigenvalue weighted by molar-refractivity contribution is 5.85. The van der Waals surface area contributed by atoms with Crippen molar-refractivity contribution in [2.24, 2.45) is 11.3 Å². The summed E-state index contributed by atoms with van der Waals surface area (Å²) in [6.45, 7) is 3.92. The van der Waals surface area contributed by atoms with Gasteiger partial charge in [-0.1, -0.05) is 30.3 Å².